The van der Waals surface area contributed by atoms with E-state index in [2.05, 4.69) is 0 Å². The first kappa shape index (κ1) is 10.2. The highest BCUT2D eigenvalue weighted by Gasteiger charge is 2.13. The van der Waals surface area contributed by atoms with Crippen molar-refractivity contribution in [1.29, 1.82) is 0 Å². The van der Waals surface area contributed by atoms with Gasteiger partial charge in [-0.25, -0.2) is 4.79 Å². The van der Waals surface area contributed by atoms with E-state index in [0.717, 1.165) is 12.1 Å². The molecule has 0 aliphatic heterocycles. The summed E-state index contributed by atoms with van der Waals surface area (Å²) < 4.78 is 4.91. The fourth-order valence-corrected chi connectivity index (χ4v) is 1.01. The Morgan fingerprint density at radius 3 is 2.21 bits per heavy atom. The van der Waals surface area contributed by atoms with Gasteiger partial charge in [-0.3, -0.25) is 0 Å². The third kappa shape index (κ3) is 1.87. The van der Waals surface area contributed by atoms with Crippen molar-refractivity contribution in [1.82, 2.24) is 0 Å². The molecule has 0 saturated carbocycles. The maximum absolute atomic E-state index is 10.5. The smallest absolute Gasteiger partial charge is 0.335 e. The lowest BCUT2D eigenvalue weighted by molar-refractivity contribution is 0.0696. The number of aromatic carboxylic acids is 1. The van der Waals surface area contributed by atoms with Crippen LogP contribution >= 0.6 is 0 Å². The van der Waals surface area contributed by atoms with E-state index < -0.39 is 5.97 Å². The van der Waals surface area contributed by atoms with Crippen LogP contribution in [-0.4, -0.2) is 27.9 Å². The number of rotatable bonds is 3. The van der Waals surface area contributed by atoms with Crippen molar-refractivity contribution in [3.05, 3.63) is 17.7 Å². The molecule has 3 N–H and O–H groups in total. The van der Waals surface area contributed by atoms with Gasteiger partial charge in [0.1, 0.15) is 0 Å². The zero-order valence-corrected chi connectivity index (χ0v) is 7.52. The van der Waals surface area contributed by atoms with Crippen LogP contribution in [-0.2, 0) is 0 Å². The van der Waals surface area contributed by atoms with Gasteiger partial charge in [0.25, 0.3) is 0 Å². The molecule has 0 aromatic heterocycles. The Hall–Kier alpha value is -1.91. The van der Waals surface area contributed by atoms with Gasteiger partial charge in [0, 0.05) is 0 Å². The summed E-state index contributed by atoms with van der Waals surface area (Å²) in [6.07, 6.45) is 0. The predicted octanol–water partition coefficient (Wildman–Crippen LogP) is 1.19. The molecule has 5 nitrogen and oxygen atoms in total. The molecule has 0 radical (unpaired) electrons. The summed E-state index contributed by atoms with van der Waals surface area (Å²) in [5, 5.41) is 27.2. The average Bonchev–Trinajstić information content (AvgIpc) is 2.10. The SMILES string of the molecule is CCOc1c(O)cc(C(=O)O)cc1O. The van der Waals surface area contributed by atoms with E-state index in [1.165, 1.54) is 0 Å². The molecule has 14 heavy (non-hydrogen) atoms. The molecule has 0 bridgehead atoms. The summed E-state index contributed by atoms with van der Waals surface area (Å²) in [6, 6.07) is 2.04. The highest BCUT2D eigenvalue weighted by molar-refractivity contribution is 5.89. The van der Waals surface area contributed by atoms with Gasteiger partial charge in [0.05, 0.1) is 12.2 Å². The summed E-state index contributed by atoms with van der Waals surface area (Å²) in [5.41, 5.74) is -0.191. The molecule has 0 unspecified atom stereocenters. The Morgan fingerprint density at radius 2 is 1.86 bits per heavy atom. The largest absolute Gasteiger partial charge is 0.504 e. The summed E-state index contributed by atoms with van der Waals surface area (Å²) in [7, 11) is 0. The summed E-state index contributed by atoms with van der Waals surface area (Å²) in [6.45, 7) is 1.96. The Morgan fingerprint density at radius 1 is 1.36 bits per heavy atom. The predicted molar refractivity (Wildman–Crippen MR) is 47.9 cm³/mol. The van der Waals surface area contributed by atoms with Gasteiger partial charge in [0.15, 0.2) is 11.5 Å². The van der Waals surface area contributed by atoms with Crippen LogP contribution in [0.25, 0.3) is 0 Å². The van der Waals surface area contributed by atoms with E-state index in [1.807, 2.05) is 0 Å². The van der Waals surface area contributed by atoms with Gasteiger partial charge in [-0.1, -0.05) is 0 Å². The molecule has 76 valence electrons. The van der Waals surface area contributed by atoms with Gasteiger partial charge >= 0.3 is 5.97 Å². The minimum atomic E-state index is -1.22. The molecule has 1 aromatic rings. The minimum absolute atomic E-state index is 0.0995. The molecule has 0 saturated heterocycles. The first-order valence-electron chi connectivity index (χ1n) is 3.98. The number of carbonyl (C=O) groups is 1. The molecule has 0 heterocycles. The van der Waals surface area contributed by atoms with E-state index in [0.29, 0.717) is 0 Å². The number of phenols is 2. The number of carboxylic acid groups (broad SMARTS) is 1. The number of hydrogen-bond donors (Lipinski definition) is 3. The second-order valence-corrected chi connectivity index (χ2v) is 2.58. The van der Waals surface area contributed by atoms with Crippen molar-refractivity contribution in [3.63, 3.8) is 0 Å². The van der Waals surface area contributed by atoms with Gasteiger partial charge in [-0.15, -0.1) is 0 Å². The lowest BCUT2D eigenvalue weighted by Gasteiger charge is -2.08. The van der Waals surface area contributed by atoms with Gasteiger partial charge in [-0.05, 0) is 19.1 Å². The van der Waals surface area contributed by atoms with Crippen molar-refractivity contribution < 1.29 is 24.9 Å². The zero-order valence-electron chi connectivity index (χ0n) is 7.52. The number of benzene rings is 1. The minimum Gasteiger partial charge on any atom is -0.504 e. The van der Waals surface area contributed by atoms with Crippen LogP contribution in [0.5, 0.6) is 17.2 Å². The van der Waals surface area contributed by atoms with Crippen LogP contribution in [0.3, 0.4) is 0 Å². The van der Waals surface area contributed by atoms with Gasteiger partial charge in [-0.2, -0.15) is 0 Å². The Balaban J connectivity index is 3.18. The van der Waals surface area contributed by atoms with Crippen molar-refractivity contribution in [2.24, 2.45) is 0 Å². The number of carboxylic acids is 1. The Labute approximate surface area is 80.2 Å². The molecule has 0 atom stereocenters. The van der Waals surface area contributed by atoms with Crippen molar-refractivity contribution in [2.75, 3.05) is 6.61 Å². The quantitative estimate of drug-likeness (QED) is 0.679. The highest BCUT2D eigenvalue weighted by Crippen LogP contribution is 2.36. The highest BCUT2D eigenvalue weighted by atomic mass is 16.5. The molecular weight excluding hydrogens is 188 g/mol. The molecule has 0 fully saturated rings. The topological polar surface area (TPSA) is 87.0 Å². The summed E-state index contributed by atoms with van der Waals surface area (Å²) in [4.78, 5) is 10.5. The van der Waals surface area contributed by atoms with Crippen molar-refractivity contribution >= 4 is 5.97 Å². The van der Waals surface area contributed by atoms with Crippen LogP contribution in [0.4, 0.5) is 0 Å². The molecule has 0 amide bonds. The maximum Gasteiger partial charge on any atom is 0.335 e. The first-order chi connectivity index (χ1) is 6.56. The standard InChI is InChI=1S/C9H10O5/c1-2-14-8-6(10)3-5(9(12)13)4-7(8)11/h3-4,10-11H,2H2,1H3,(H,12,13). The molecule has 0 spiro atoms. The first-order valence-corrected chi connectivity index (χ1v) is 3.98. The fraction of sp³-hybridized carbons (Fsp3) is 0.222. The average molecular weight is 198 g/mol. The second kappa shape index (κ2) is 3.87. The van der Waals surface area contributed by atoms with E-state index in [1.54, 1.807) is 6.92 Å². The summed E-state index contributed by atoms with van der Waals surface area (Å²) >= 11 is 0. The third-order valence-electron chi connectivity index (χ3n) is 1.59. The normalized spacial score (nSPS) is 9.79. The van der Waals surface area contributed by atoms with E-state index in [-0.39, 0.29) is 29.4 Å². The number of hydrogen-bond acceptors (Lipinski definition) is 4. The fourth-order valence-electron chi connectivity index (χ4n) is 1.01. The monoisotopic (exact) mass is 198 g/mol. The lowest BCUT2D eigenvalue weighted by atomic mass is 10.2. The maximum atomic E-state index is 10.5. The molecular formula is C9H10O5. The Kier molecular flexibility index (Phi) is 2.81. The molecule has 0 aliphatic rings. The zero-order chi connectivity index (χ0) is 10.7. The van der Waals surface area contributed by atoms with Crippen LogP contribution in [0.15, 0.2) is 12.1 Å². The van der Waals surface area contributed by atoms with Crippen LogP contribution in [0.1, 0.15) is 17.3 Å². The lowest BCUT2D eigenvalue weighted by Crippen LogP contribution is -1.98. The molecule has 0 aliphatic carbocycles. The summed E-state index contributed by atoms with van der Waals surface area (Å²) in [5.74, 6) is -2.09. The van der Waals surface area contributed by atoms with E-state index >= 15 is 0 Å². The number of phenolic OH excluding ortho intramolecular Hbond substituents is 2. The van der Waals surface area contributed by atoms with Crippen LogP contribution in [0.2, 0.25) is 0 Å². The number of aromatic hydroxyl groups is 2. The van der Waals surface area contributed by atoms with Crippen LogP contribution < -0.4 is 4.74 Å². The molecule has 5 heteroatoms. The second-order valence-electron chi connectivity index (χ2n) is 2.58. The van der Waals surface area contributed by atoms with E-state index in [9.17, 15) is 15.0 Å². The van der Waals surface area contributed by atoms with Gasteiger partial charge in [0.2, 0.25) is 5.75 Å². The third-order valence-corrected chi connectivity index (χ3v) is 1.59. The van der Waals surface area contributed by atoms with Crippen molar-refractivity contribution in [3.8, 4) is 17.2 Å². The van der Waals surface area contributed by atoms with E-state index in [4.69, 9.17) is 9.84 Å². The molecule has 1 aromatic carbocycles. The number of ether oxygens (including phenoxy) is 1. The Bertz CT molecular complexity index is 335. The van der Waals surface area contributed by atoms with Crippen LogP contribution in [0, 0.1) is 0 Å². The molecule has 1 rings (SSSR count). The van der Waals surface area contributed by atoms with Crippen molar-refractivity contribution in [2.45, 2.75) is 6.92 Å². The van der Waals surface area contributed by atoms with Gasteiger partial charge < -0.3 is 20.1 Å².